The highest BCUT2D eigenvalue weighted by molar-refractivity contribution is 6.00. The van der Waals surface area contributed by atoms with E-state index in [0.29, 0.717) is 22.8 Å². The Kier molecular flexibility index (Phi) is 6.17. The van der Waals surface area contributed by atoms with E-state index in [0.717, 1.165) is 24.1 Å². The Morgan fingerprint density at radius 1 is 1.10 bits per heavy atom. The molecule has 0 radical (unpaired) electrons. The number of benzene rings is 2. The molecule has 0 fully saturated rings. The molecule has 1 heterocycles. The molecule has 0 saturated carbocycles. The van der Waals surface area contributed by atoms with Crippen molar-refractivity contribution in [3.63, 3.8) is 0 Å². The smallest absolute Gasteiger partial charge is 0.269 e. The SMILES string of the molecule is Cc1nc(-c2cccc(CCN(C)C)c2)nc(-c2ccc([N+](=O)[O-])cc2)c1C(N)=O. The van der Waals surface area contributed by atoms with E-state index in [1.54, 1.807) is 19.1 Å². The van der Waals surface area contributed by atoms with Gasteiger partial charge in [0.25, 0.3) is 11.6 Å². The van der Waals surface area contributed by atoms with E-state index in [1.807, 2.05) is 32.3 Å². The Morgan fingerprint density at radius 3 is 2.40 bits per heavy atom. The van der Waals surface area contributed by atoms with Gasteiger partial charge in [0.05, 0.1) is 21.9 Å². The van der Waals surface area contributed by atoms with Crippen LogP contribution in [0, 0.1) is 17.0 Å². The molecule has 0 atom stereocenters. The minimum Gasteiger partial charge on any atom is -0.365 e. The van der Waals surface area contributed by atoms with E-state index in [1.165, 1.54) is 12.1 Å². The second-order valence-corrected chi connectivity index (χ2v) is 7.28. The van der Waals surface area contributed by atoms with Gasteiger partial charge in [-0.2, -0.15) is 0 Å². The lowest BCUT2D eigenvalue weighted by Gasteiger charge is -2.13. The number of aromatic nitrogens is 2. The quantitative estimate of drug-likeness (QED) is 0.477. The maximum atomic E-state index is 12.1. The Hall–Kier alpha value is -3.65. The zero-order valence-electron chi connectivity index (χ0n) is 17.1. The molecule has 1 aromatic heterocycles. The molecule has 3 aromatic rings. The summed E-state index contributed by atoms with van der Waals surface area (Å²) < 4.78 is 0. The number of nitro benzene ring substituents is 1. The number of likely N-dealkylation sites (N-methyl/N-ethyl adjacent to an activating group) is 1. The Labute approximate surface area is 174 Å². The highest BCUT2D eigenvalue weighted by atomic mass is 16.6. The molecule has 0 spiro atoms. The standard InChI is InChI=1S/C22H23N5O3/c1-14-19(21(23)28)20(16-7-9-18(10-8-16)27(29)30)25-22(24-14)17-6-4-5-15(13-17)11-12-26(2)3/h4-10,13H,11-12H2,1-3H3,(H2,23,28). The number of non-ortho nitro benzene ring substituents is 1. The van der Waals surface area contributed by atoms with Gasteiger partial charge in [-0.15, -0.1) is 0 Å². The molecule has 0 unspecified atom stereocenters. The number of nitrogens with two attached hydrogens (primary N) is 1. The van der Waals surface area contributed by atoms with Gasteiger partial charge in [-0.3, -0.25) is 14.9 Å². The third-order valence-corrected chi connectivity index (χ3v) is 4.72. The Bertz CT molecular complexity index is 1090. The number of hydrogen-bond donors (Lipinski definition) is 1. The molecule has 2 aromatic carbocycles. The van der Waals surface area contributed by atoms with Crippen LogP contribution in [0.25, 0.3) is 22.6 Å². The fraction of sp³-hybridized carbons (Fsp3) is 0.227. The minimum absolute atomic E-state index is 0.0426. The summed E-state index contributed by atoms with van der Waals surface area (Å²) in [4.78, 5) is 33.8. The van der Waals surface area contributed by atoms with Crippen molar-refractivity contribution >= 4 is 11.6 Å². The molecule has 0 aliphatic heterocycles. The molecule has 8 nitrogen and oxygen atoms in total. The van der Waals surface area contributed by atoms with E-state index >= 15 is 0 Å². The number of primary amides is 1. The number of aryl methyl sites for hydroxylation is 1. The van der Waals surface area contributed by atoms with Crippen molar-refractivity contribution in [2.75, 3.05) is 20.6 Å². The van der Waals surface area contributed by atoms with E-state index in [2.05, 4.69) is 20.9 Å². The predicted octanol–water partition coefficient (Wildman–Crippen LogP) is 3.23. The van der Waals surface area contributed by atoms with Gasteiger partial charge in [-0.05, 0) is 51.2 Å². The summed E-state index contributed by atoms with van der Waals surface area (Å²) >= 11 is 0. The van der Waals surface area contributed by atoms with Crippen LogP contribution in [0.1, 0.15) is 21.6 Å². The molecular formula is C22H23N5O3. The number of nitrogens with zero attached hydrogens (tertiary/aromatic N) is 4. The van der Waals surface area contributed by atoms with Crippen LogP contribution in [-0.2, 0) is 6.42 Å². The van der Waals surface area contributed by atoms with Crippen LogP contribution in [0.2, 0.25) is 0 Å². The lowest BCUT2D eigenvalue weighted by atomic mass is 10.0. The van der Waals surface area contributed by atoms with Crippen molar-refractivity contribution in [2.45, 2.75) is 13.3 Å². The minimum atomic E-state index is -0.646. The zero-order valence-corrected chi connectivity index (χ0v) is 17.1. The molecule has 154 valence electrons. The first kappa shape index (κ1) is 21.1. The van der Waals surface area contributed by atoms with Crippen molar-refractivity contribution in [1.29, 1.82) is 0 Å². The number of nitro groups is 1. The lowest BCUT2D eigenvalue weighted by Crippen LogP contribution is -2.17. The Morgan fingerprint density at radius 2 is 1.80 bits per heavy atom. The summed E-state index contributed by atoms with van der Waals surface area (Å²) in [5.41, 5.74) is 9.10. The first-order chi connectivity index (χ1) is 14.3. The van der Waals surface area contributed by atoms with Crippen LogP contribution >= 0.6 is 0 Å². The average molecular weight is 405 g/mol. The van der Waals surface area contributed by atoms with Gasteiger partial charge in [-0.1, -0.05) is 18.2 Å². The van der Waals surface area contributed by atoms with E-state index in [9.17, 15) is 14.9 Å². The molecular weight excluding hydrogens is 382 g/mol. The first-order valence-electron chi connectivity index (χ1n) is 9.43. The number of carbonyl (C=O) groups is 1. The largest absolute Gasteiger partial charge is 0.365 e. The van der Waals surface area contributed by atoms with Crippen LogP contribution in [-0.4, -0.2) is 46.3 Å². The molecule has 0 bridgehead atoms. The van der Waals surface area contributed by atoms with Crippen molar-refractivity contribution in [2.24, 2.45) is 5.73 Å². The molecule has 3 rings (SSSR count). The summed E-state index contributed by atoms with van der Waals surface area (Å²) in [6.45, 7) is 2.62. The third-order valence-electron chi connectivity index (χ3n) is 4.72. The van der Waals surface area contributed by atoms with Crippen molar-refractivity contribution in [1.82, 2.24) is 14.9 Å². The van der Waals surface area contributed by atoms with Gasteiger partial charge in [0.1, 0.15) is 0 Å². The first-order valence-corrected chi connectivity index (χ1v) is 9.43. The average Bonchev–Trinajstić information content (AvgIpc) is 2.71. The van der Waals surface area contributed by atoms with Crippen molar-refractivity contribution < 1.29 is 9.72 Å². The summed E-state index contributed by atoms with van der Waals surface area (Å²) in [5.74, 6) is -0.176. The van der Waals surface area contributed by atoms with E-state index in [4.69, 9.17) is 5.73 Å². The van der Waals surface area contributed by atoms with E-state index in [-0.39, 0.29) is 11.3 Å². The molecule has 0 saturated heterocycles. The van der Waals surface area contributed by atoms with E-state index < -0.39 is 10.8 Å². The van der Waals surface area contributed by atoms with Gasteiger partial charge < -0.3 is 10.6 Å². The van der Waals surface area contributed by atoms with Crippen LogP contribution in [0.15, 0.2) is 48.5 Å². The highest BCUT2D eigenvalue weighted by Crippen LogP contribution is 2.28. The van der Waals surface area contributed by atoms with Crippen molar-refractivity contribution in [3.05, 3.63) is 75.5 Å². The second-order valence-electron chi connectivity index (χ2n) is 7.28. The molecule has 0 aliphatic rings. The fourth-order valence-electron chi connectivity index (χ4n) is 3.17. The second kappa shape index (κ2) is 8.79. The summed E-state index contributed by atoms with van der Waals surface area (Å²) in [6.07, 6.45) is 0.883. The normalized spacial score (nSPS) is 10.9. The maximum absolute atomic E-state index is 12.1. The molecule has 30 heavy (non-hydrogen) atoms. The molecule has 2 N–H and O–H groups in total. The predicted molar refractivity (Wildman–Crippen MR) is 115 cm³/mol. The van der Waals surface area contributed by atoms with Gasteiger partial charge >= 0.3 is 0 Å². The fourth-order valence-corrected chi connectivity index (χ4v) is 3.17. The Balaban J connectivity index is 2.09. The number of hydrogen-bond acceptors (Lipinski definition) is 6. The van der Waals surface area contributed by atoms with Gasteiger partial charge in [0.2, 0.25) is 0 Å². The molecule has 0 aliphatic carbocycles. The topological polar surface area (TPSA) is 115 Å². The third kappa shape index (κ3) is 4.66. The maximum Gasteiger partial charge on any atom is 0.269 e. The summed E-state index contributed by atoms with van der Waals surface area (Å²) in [7, 11) is 4.05. The van der Waals surface area contributed by atoms with Crippen LogP contribution in [0.3, 0.4) is 0 Å². The highest BCUT2D eigenvalue weighted by Gasteiger charge is 2.19. The summed E-state index contributed by atoms with van der Waals surface area (Å²) in [5, 5.41) is 10.9. The summed E-state index contributed by atoms with van der Waals surface area (Å²) in [6, 6.07) is 13.8. The lowest BCUT2D eigenvalue weighted by molar-refractivity contribution is -0.384. The number of carbonyl (C=O) groups excluding carboxylic acids is 1. The number of amides is 1. The molecule has 8 heteroatoms. The molecule has 1 amide bonds. The van der Waals surface area contributed by atoms with Crippen LogP contribution < -0.4 is 5.73 Å². The van der Waals surface area contributed by atoms with Gasteiger partial charge in [0, 0.05) is 29.8 Å². The number of rotatable bonds is 7. The van der Waals surface area contributed by atoms with Gasteiger partial charge in [0.15, 0.2) is 5.82 Å². The van der Waals surface area contributed by atoms with Crippen LogP contribution in [0.5, 0.6) is 0 Å². The van der Waals surface area contributed by atoms with Gasteiger partial charge in [-0.25, -0.2) is 9.97 Å². The van der Waals surface area contributed by atoms with Crippen LogP contribution in [0.4, 0.5) is 5.69 Å². The van der Waals surface area contributed by atoms with Crippen molar-refractivity contribution in [3.8, 4) is 22.6 Å². The zero-order chi connectivity index (χ0) is 21.8. The monoisotopic (exact) mass is 405 g/mol.